The molecule has 71 heavy (non-hydrogen) atoms. The van der Waals surface area contributed by atoms with E-state index in [0.717, 1.165) is 38.2 Å². The molecule has 0 radical (unpaired) electrons. The van der Waals surface area contributed by atoms with Crippen molar-refractivity contribution in [3.63, 3.8) is 0 Å². The number of hydrazine groups is 3. The highest BCUT2D eigenvalue weighted by atomic mass is 19.4. The summed E-state index contributed by atoms with van der Waals surface area (Å²) in [5.74, 6) is -5.62. The van der Waals surface area contributed by atoms with Crippen molar-refractivity contribution in [3.8, 4) is 0 Å². The van der Waals surface area contributed by atoms with Gasteiger partial charge in [-0.15, -0.1) is 0 Å². The fourth-order valence-corrected chi connectivity index (χ4v) is 7.52. The lowest BCUT2D eigenvalue weighted by Gasteiger charge is -2.30. The third-order valence-electron chi connectivity index (χ3n) is 10.9. The number of carbonyl (C=O) groups is 6. The molecule has 0 aromatic heterocycles. The largest absolute Gasteiger partial charge is 0.490 e. The predicted octanol–water partition coefficient (Wildman–Crippen LogP) is 2.34. The number of nitrogens with one attached hydrogen (secondary N) is 5. The van der Waals surface area contributed by atoms with Crippen LogP contribution in [-0.4, -0.2) is 119 Å². The third-order valence-corrected chi connectivity index (χ3v) is 10.9. The van der Waals surface area contributed by atoms with Crippen molar-refractivity contribution in [2.75, 3.05) is 39.3 Å². The van der Waals surface area contributed by atoms with E-state index in [-0.39, 0.29) is 64.6 Å². The van der Waals surface area contributed by atoms with E-state index in [1.165, 1.54) is 15.0 Å². The molecule has 5 aromatic carbocycles. The molecular weight excluding hydrogens is 926 g/mol. The summed E-state index contributed by atoms with van der Waals surface area (Å²) in [7, 11) is 0. The van der Waals surface area contributed by atoms with Gasteiger partial charge in [0.1, 0.15) is 12.1 Å². The van der Waals surface area contributed by atoms with Crippen LogP contribution in [0.4, 0.5) is 13.2 Å². The number of nitrogens with zero attached hydrogens (tertiary/aromatic N) is 4. The van der Waals surface area contributed by atoms with Gasteiger partial charge in [0.2, 0.25) is 17.7 Å². The lowest BCUT2D eigenvalue weighted by atomic mass is 10.1. The highest BCUT2D eigenvalue weighted by Gasteiger charge is 2.38. The van der Waals surface area contributed by atoms with E-state index in [2.05, 4.69) is 31.9 Å². The Bertz CT molecular complexity index is 2640. The predicted molar refractivity (Wildman–Crippen MR) is 261 cm³/mol. The number of aliphatic imine (C=N–C) groups is 1. The molecule has 5 aromatic rings. The highest BCUT2D eigenvalue weighted by molar-refractivity contribution is 5.91. The van der Waals surface area contributed by atoms with Gasteiger partial charge in [0, 0.05) is 32.6 Å². The van der Waals surface area contributed by atoms with Crippen molar-refractivity contribution in [3.05, 3.63) is 132 Å². The van der Waals surface area contributed by atoms with Crippen LogP contribution in [-0.2, 0) is 48.3 Å². The average Bonchev–Trinajstić information content (AvgIpc) is 3.32. The minimum Gasteiger partial charge on any atom is -0.475 e. The minimum atomic E-state index is -5.08. The van der Waals surface area contributed by atoms with Crippen molar-refractivity contribution < 1.29 is 47.0 Å². The number of hydrogen-bond donors (Lipinski definition) is 9. The zero-order valence-electron chi connectivity index (χ0n) is 38.9. The van der Waals surface area contributed by atoms with Crippen LogP contribution in [0.5, 0.6) is 0 Å². The van der Waals surface area contributed by atoms with Crippen LogP contribution in [0.1, 0.15) is 42.4 Å². The summed E-state index contributed by atoms with van der Waals surface area (Å²) in [5.41, 5.74) is 28.0. The normalized spacial score (nSPS) is 17.3. The summed E-state index contributed by atoms with van der Waals surface area (Å²) in [6, 6.07) is 34.6. The molecule has 2 atom stereocenters. The van der Waals surface area contributed by atoms with Gasteiger partial charge in [0.15, 0.2) is 5.96 Å². The zero-order chi connectivity index (χ0) is 51.3. The van der Waals surface area contributed by atoms with Crippen LogP contribution in [0.3, 0.4) is 0 Å². The highest BCUT2D eigenvalue weighted by Crippen LogP contribution is 2.19. The molecule has 0 spiro atoms. The Balaban J connectivity index is 0.00000124. The molecular formula is C49H59F3N12O7. The number of carboxylic acids is 1. The van der Waals surface area contributed by atoms with Crippen LogP contribution >= 0.6 is 0 Å². The molecule has 5 amide bonds. The molecule has 1 fully saturated rings. The number of hydrogen-bond acceptors (Lipinski definition) is 11. The Kier molecular flexibility index (Phi) is 20.6. The molecule has 1 aliphatic rings. The maximum Gasteiger partial charge on any atom is 0.490 e. The van der Waals surface area contributed by atoms with Crippen molar-refractivity contribution in [2.24, 2.45) is 22.2 Å². The number of aliphatic carboxylic acids is 1. The summed E-state index contributed by atoms with van der Waals surface area (Å²) in [6.45, 7) is 0.165. The number of benzene rings is 5. The smallest absolute Gasteiger partial charge is 0.475 e. The van der Waals surface area contributed by atoms with Gasteiger partial charge < -0.3 is 32.9 Å². The Morgan fingerprint density at radius 2 is 1.08 bits per heavy atom. The van der Waals surface area contributed by atoms with Crippen LogP contribution in [0.25, 0.3) is 21.5 Å². The third kappa shape index (κ3) is 18.6. The van der Waals surface area contributed by atoms with E-state index in [1.807, 2.05) is 115 Å². The quantitative estimate of drug-likeness (QED) is 0.0440. The summed E-state index contributed by atoms with van der Waals surface area (Å²) in [4.78, 5) is 83.4. The molecule has 1 saturated heterocycles. The fraction of sp³-hybridized carbons (Fsp3) is 0.327. The number of amides is 5. The Morgan fingerprint density at radius 3 is 1.61 bits per heavy atom. The number of fused-ring (bicyclic) bond motifs is 2. The maximum absolute atomic E-state index is 14.4. The van der Waals surface area contributed by atoms with Gasteiger partial charge >= 0.3 is 12.1 Å². The molecule has 22 heteroatoms. The van der Waals surface area contributed by atoms with E-state index in [1.54, 1.807) is 0 Å². The van der Waals surface area contributed by atoms with Crippen molar-refractivity contribution in [2.45, 2.75) is 63.5 Å². The second-order valence-corrected chi connectivity index (χ2v) is 16.7. The van der Waals surface area contributed by atoms with Crippen molar-refractivity contribution in [1.29, 1.82) is 0 Å². The molecule has 6 rings (SSSR count). The fourth-order valence-electron chi connectivity index (χ4n) is 7.52. The second-order valence-electron chi connectivity index (χ2n) is 16.7. The average molecular weight is 985 g/mol. The molecule has 19 nitrogen and oxygen atoms in total. The lowest BCUT2D eigenvalue weighted by Crippen LogP contribution is -2.59. The van der Waals surface area contributed by atoms with Crippen molar-refractivity contribution in [1.82, 2.24) is 41.9 Å². The van der Waals surface area contributed by atoms with Crippen LogP contribution in [0.15, 0.2) is 120 Å². The Hall–Kier alpha value is -7.66. The number of carboxylic acid groups (broad SMARTS) is 1. The Morgan fingerprint density at radius 1 is 0.606 bits per heavy atom. The first-order chi connectivity index (χ1) is 33.9. The van der Waals surface area contributed by atoms with Gasteiger partial charge in [-0.3, -0.25) is 45.2 Å². The van der Waals surface area contributed by atoms with Crippen LogP contribution in [0, 0.1) is 0 Å². The molecule has 0 unspecified atom stereocenters. The number of guanidine groups is 1. The maximum atomic E-state index is 14.4. The molecule has 1 aliphatic heterocycles. The number of unbranched alkanes of at least 4 members (excludes halogenated alkanes) is 1. The number of rotatable bonds is 14. The SMILES string of the molecule is NCCCCN1CC(=O)N[C@@H](CCCN=C(N)N)C(=O)NN(Cc2ccc3ccccc3c2)CC(=O)N[C@@H](Cc2ccccc2)C(=O)NN(Cc2ccc3ccccc3c2)CC(=O)N1.O=C(O)C(F)(F)F. The first kappa shape index (κ1) is 54.3. The summed E-state index contributed by atoms with van der Waals surface area (Å²) in [5, 5.41) is 21.3. The summed E-state index contributed by atoms with van der Waals surface area (Å²) < 4.78 is 31.7. The topological polar surface area (TPSA) is 283 Å². The van der Waals surface area contributed by atoms with E-state index < -0.39 is 53.8 Å². The molecule has 1 heterocycles. The first-order valence-corrected chi connectivity index (χ1v) is 22.7. The lowest BCUT2D eigenvalue weighted by molar-refractivity contribution is -0.192. The van der Waals surface area contributed by atoms with E-state index in [4.69, 9.17) is 27.1 Å². The van der Waals surface area contributed by atoms with Crippen LogP contribution < -0.4 is 44.1 Å². The van der Waals surface area contributed by atoms with Crippen molar-refractivity contribution >= 4 is 63.0 Å². The van der Waals surface area contributed by atoms with Gasteiger partial charge in [-0.05, 0) is 82.6 Å². The number of halogens is 3. The Labute approximate surface area is 407 Å². The summed E-state index contributed by atoms with van der Waals surface area (Å²) in [6.07, 6.45) is -3.27. The number of carbonyl (C=O) groups excluding carboxylic acids is 5. The number of alkyl halides is 3. The van der Waals surface area contributed by atoms with Gasteiger partial charge in [0.25, 0.3) is 11.8 Å². The zero-order valence-corrected chi connectivity index (χ0v) is 38.9. The minimum absolute atomic E-state index is 0.106. The van der Waals surface area contributed by atoms with Gasteiger partial charge in [0.05, 0.1) is 19.6 Å². The van der Waals surface area contributed by atoms with E-state index >= 15 is 0 Å². The summed E-state index contributed by atoms with van der Waals surface area (Å²) >= 11 is 0. The van der Waals surface area contributed by atoms with Gasteiger partial charge in [-0.2, -0.15) is 13.2 Å². The van der Waals surface area contributed by atoms with Crippen LogP contribution in [0.2, 0.25) is 0 Å². The van der Waals surface area contributed by atoms with E-state index in [0.29, 0.717) is 25.8 Å². The second kappa shape index (κ2) is 26.9. The molecule has 0 aliphatic carbocycles. The molecule has 12 N–H and O–H groups in total. The standard InChI is InChI=1S/C47H58N12O5.C2HF3O2/c48-22-8-9-24-57-30-42(60)52-40(17-10-23-51-47(49)50)45(63)55-58(28-34-18-20-36-13-4-6-15-38(36)25-34)31-43(61)53-41(27-33-11-2-1-3-12-33)46(64)56-59(32-44(62)54-57)29-35-19-21-37-14-5-7-16-39(37)26-35;3-2(4,5)1(6)7/h1-7,11-16,18-21,25-26,40-41H,8-10,17,22-24,27-32,48H2,(H,52,60)(H,53,61)(H,54,62)(H,55,63)(H,56,64)(H4,49,50,51);(H,6,7)/t40-,41-;/m0./s1. The molecule has 378 valence electrons. The number of nitrogens with two attached hydrogens (primary N) is 3. The van der Waals surface area contributed by atoms with Gasteiger partial charge in [-0.25, -0.2) is 19.8 Å². The van der Waals surface area contributed by atoms with Gasteiger partial charge in [-0.1, -0.05) is 103 Å². The van der Waals surface area contributed by atoms with E-state index in [9.17, 15) is 37.1 Å². The first-order valence-electron chi connectivity index (χ1n) is 22.7. The monoisotopic (exact) mass is 984 g/mol. The molecule has 0 saturated carbocycles. The molecule has 0 bridgehead atoms.